The average Bonchev–Trinajstić information content (AvgIpc) is 3.26. The Bertz CT molecular complexity index is 1090. The van der Waals surface area contributed by atoms with E-state index in [2.05, 4.69) is 43.0 Å². The summed E-state index contributed by atoms with van der Waals surface area (Å²) in [6, 6.07) is 14.8. The van der Waals surface area contributed by atoms with E-state index in [1.54, 1.807) is 18.2 Å². The molecule has 0 saturated carbocycles. The third-order valence-corrected chi connectivity index (χ3v) is 5.37. The van der Waals surface area contributed by atoms with Gasteiger partial charge in [0.1, 0.15) is 5.75 Å². The van der Waals surface area contributed by atoms with E-state index < -0.39 is 6.03 Å². The number of anilines is 2. The molecule has 1 aliphatic heterocycles. The lowest BCUT2D eigenvalue weighted by molar-refractivity contribution is 0.0937. The van der Waals surface area contributed by atoms with Gasteiger partial charge in [0.15, 0.2) is 5.82 Å². The summed E-state index contributed by atoms with van der Waals surface area (Å²) in [5.41, 5.74) is 2.07. The Kier molecular flexibility index (Phi) is 7.11. The average molecular weight is 447 g/mol. The van der Waals surface area contributed by atoms with Crippen molar-refractivity contribution < 1.29 is 14.3 Å². The van der Waals surface area contributed by atoms with E-state index >= 15 is 0 Å². The van der Waals surface area contributed by atoms with Gasteiger partial charge in [-0.25, -0.2) is 9.78 Å². The molecule has 9 nitrogen and oxygen atoms in total. The summed E-state index contributed by atoms with van der Waals surface area (Å²) >= 11 is 0. The summed E-state index contributed by atoms with van der Waals surface area (Å²) in [6.45, 7) is 2.59. The number of nitrogens with one attached hydrogen (secondary N) is 3. The minimum Gasteiger partial charge on any atom is -0.495 e. The molecule has 1 aromatic heterocycles. The van der Waals surface area contributed by atoms with Gasteiger partial charge in [-0.15, -0.1) is 0 Å². The minimum atomic E-state index is -0.515. The second-order valence-corrected chi connectivity index (χ2v) is 7.76. The molecule has 1 aliphatic rings. The number of amides is 3. The van der Waals surface area contributed by atoms with Crippen molar-refractivity contribution in [2.75, 3.05) is 30.8 Å². The number of hydrogen-bond acceptors (Lipinski definition) is 6. The van der Waals surface area contributed by atoms with Crippen molar-refractivity contribution >= 4 is 23.4 Å². The van der Waals surface area contributed by atoms with Crippen LogP contribution in [-0.2, 0) is 6.54 Å². The summed E-state index contributed by atoms with van der Waals surface area (Å²) in [6.07, 6.45) is 5.31. The van der Waals surface area contributed by atoms with Gasteiger partial charge < -0.3 is 15.4 Å². The number of methoxy groups -OCH3 is 1. The molecule has 3 amide bonds. The van der Waals surface area contributed by atoms with E-state index in [0.29, 0.717) is 22.8 Å². The number of carbonyl (C=O) groups excluding carboxylic acids is 2. The molecule has 2 aromatic carbocycles. The van der Waals surface area contributed by atoms with Gasteiger partial charge in [0.2, 0.25) is 0 Å². The molecule has 2 heterocycles. The van der Waals surface area contributed by atoms with Crippen molar-refractivity contribution in [2.45, 2.75) is 19.0 Å². The fourth-order valence-corrected chi connectivity index (χ4v) is 3.78. The molecule has 1 atom stereocenters. The van der Waals surface area contributed by atoms with Crippen molar-refractivity contribution in [2.24, 2.45) is 0 Å². The SMILES string of the molecule is COc1ccc(C(=O)NC2CCN(Cc3ccccc3)C2)cc1NC(=O)Nc1cnccn1. The minimum absolute atomic E-state index is 0.0691. The Morgan fingerprint density at radius 1 is 1.12 bits per heavy atom. The largest absolute Gasteiger partial charge is 0.495 e. The van der Waals surface area contributed by atoms with Crippen molar-refractivity contribution in [3.63, 3.8) is 0 Å². The Labute approximate surface area is 192 Å². The zero-order chi connectivity index (χ0) is 23.0. The molecule has 33 heavy (non-hydrogen) atoms. The molecule has 1 fully saturated rings. The lowest BCUT2D eigenvalue weighted by Gasteiger charge is -2.17. The molecule has 1 saturated heterocycles. The number of carbonyl (C=O) groups is 2. The molecule has 0 bridgehead atoms. The van der Waals surface area contributed by atoms with Crippen LogP contribution in [-0.4, -0.2) is 53.0 Å². The maximum absolute atomic E-state index is 12.9. The van der Waals surface area contributed by atoms with Gasteiger partial charge in [-0.2, -0.15) is 0 Å². The van der Waals surface area contributed by atoms with Crippen LogP contribution < -0.4 is 20.7 Å². The first-order chi connectivity index (χ1) is 16.1. The highest BCUT2D eigenvalue weighted by atomic mass is 16.5. The van der Waals surface area contributed by atoms with Crippen molar-refractivity contribution in [1.29, 1.82) is 0 Å². The molecule has 0 aliphatic carbocycles. The van der Waals surface area contributed by atoms with Crippen LogP contribution in [0.2, 0.25) is 0 Å². The highest BCUT2D eigenvalue weighted by Crippen LogP contribution is 2.26. The van der Waals surface area contributed by atoms with Crippen LogP contribution in [0.25, 0.3) is 0 Å². The molecule has 0 spiro atoms. The van der Waals surface area contributed by atoms with Crippen LogP contribution in [0.1, 0.15) is 22.3 Å². The second-order valence-electron chi connectivity index (χ2n) is 7.76. The van der Waals surface area contributed by atoms with Gasteiger partial charge in [-0.3, -0.25) is 20.0 Å². The standard InChI is InChI=1S/C24H26N6O3/c1-33-21-8-7-18(13-20(21)28-24(32)29-22-14-25-10-11-26-22)23(31)27-19-9-12-30(16-19)15-17-5-3-2-4-6-17/h2-8,10-11,13-14,19H,9,12,15-16H2,1H3,(H,27,31)(H2,26,28,29,32). The molecule has 9 heteroatoms. The van der Waals surface area contributed by atoms with Crippen molar-refractivity contribution in [3.8, 4) is 5.75 Å². The fourth-order valence-electron chi connectivity index (χ4n) is 3.78. The maximum atomic E-state index is 12.9. The maximum Gasteiger partial charge on any atom is 0.324 e. The molecule has 170 valence electrons. The molecule has 0 radical (unpaired) electrons. The van der Waals surface area contributed by atoms with Crippen molar-refractivity contribution in [3.05, 3.63) is 78.2 Å². The molecule has 1 unspecified atom stereocenters. The van der Waals surface area contributed by atoms with E-state index in [0.717, 1.165) is 26.1 Å². The van der Waals surface area contributed by atoms with E-state index in [-0.39, 0.29) is 11.9 Å². The fraction of sp³-hybridized carbons (Fsp3) is 0.250. The number of rotatable bonds is 7. The zero-order valence-corrected chi connectivity index (χ0v) is 18.3. The first-order valence-corrected chi connectivity index (χ1v) is 10.7. The molecule has 3 aromatic rings. The Hall–Kier alpha value is -3.98. The number of ether oxygens (including phenoxy) is 1. The third-order valence-electron chi connectivity index (χ3n) is 5.37. The van der Waals surface area contributed by atoms with Gasteiger partial charge in [-0.05, 0) is 30.2 Å². The van der Waals surface area contributed by atoms with Crippen LogP contribution in [0, 0.1) is 0 Å². The van der Waals surface area contributed by atoms with E-state index in [1.807, 2.05) is 18.2 Å². The number of benzene rings is 2. The normalized spacial score (nSPS) is 15.6. The quantitative estimate of drug-likeness (QED) is 0.515. The predicted molar refractivity (Wildman–Crippen MR) is 125 cm³/mol. The van der Waals surface area contributed by atoms with Crippen LogP contribution in [0.4, 0.5) is 16.3 Å². The van der Waals surface area contributed by atoms with E-state index in [1.165, 1.54) is 31.3 Å². The first-order valence-electron chi connectivity index (χ1n) is 10.7. The van der Waals surface area contributed by atoms with Gasteiger partial charge in [0, 0.05) is 43.6 Å². The second kappa shape index (κ2) is 10.6. The van der Waals surface area contributed by atoms with Gasteiger partial charge >= 0.3 is 6.03 Å². The van der Waals surface area contributed by atoms with Crippen LogP contribution >= 0.6 is 0 Å². The number of urea groups is 1. The summed E-state index contributed by atoms with van der Waals surface area (Å²) in [5, 5.41) is 8.39. The number of likely N-dealkylation sites (tertiary alicyclic amines) is 1. The van der Waals surface area contributed by atoms with Crippen LogP contribution in [0.15, 0.2) is 67.1 Å². The summed E-state index contributed by atoms with van der Waals surface area (Å²) in [7, 11) is 1.50. The Balaban J connectivity index is 1.36. The van der Waals surface area contributed by atoms with Gasteiger partial charge in [0.25, 0.3) is 5.91 Å². The Morgan fingerprint density at radius 2 is 1.97 bits per heavy atom. The molecular weight excluding hydrogens is 420 g/mol. The highest BCUT2D eigenvalue weighted by Gasteiger charge is 2.24. The first kappa shape index (κ1) is 22.2. The van der Waals surface area contributed by atoms with Gasteiger partial charge in [-0.1, -0.05) is 30.3 Å². The van der Waals surface area contributed by atoms with Gasteiger partial charge in [0.05, 0.1) is 19.0 Å². The Morgan fingerprint density at radius 3 is 2.73 bits per heavy atom. The smallest absolute Gasteiger partial charge is 0.324 e. The lowest BCUT2D eigenvalue weighted by Crippen LogP contribution is -2.37. The summed E-state index contributed by atoms with van der Waals surface area (Å²) in [5.74, 6) is 0.557. The number of hydrogen-bond donors (Lipinski definition) is 3. The third kappa shape index (κ3) is 6.05. The summed E-state index contributed by atoms with van der Waals surface area (Å²) in [4.78, 5) is 35.5. The van der Waals surface area contributed by atoms with Crippen molar-refractivity contribution in [1.82, 2.24) is 20.2 Å². The number of nitrogens with zero attached hydrogens (tertiary/aromatic N) is 3. The predicted octanol–water partition coefficient (Wildman–Crippen LogP) is 3.13. The van der Waals surface area contributed by atoms with Crippen LogP contribution in [0.3, 0.4) is 0 Å². The highest BCUT2D eigenvalue weighted by molar-refractivity contribution is 6.02. The number of aromatic nitrogens is 2. The van der Waals surface area contributed by atoms with E-state index in [9.17, 15) is 9.59 Å². The van der Waals surface area contributed by atoms with Crippen LogP contribution in [0.5, 0.6) is 5.75 Å². The summed E-state index contributed by atoms with van der Waals surface area (Å²) < 4.78 is 5.33. The van der Waals surface area contributed by atoms with E-state index in [4.69, 9.17) is 4.74 Å². The molecule has 4 rings (SSSR count). The molecule has 3 N–H and O–H groups in total. The zero-order valence-electron chi connectivity index (χ0n) is 18.3. The lowest BCUT2D eigenvalue weighted by atomic mass is 10.1. The topological polar surface area (TPSA) is 108 Å². The monoisotopic (exact) mass is 446 g/mol. The molecular formula is C24H26N6O3.